The monoisotopic (exact) mass is 425 g/mol. The topological polar surface area (TPSA) is 101 Å². The number of hydrogen-bond acceptors (Lipinski definition) is 5. The smallest absolute Gasteiger partial charge is 0.272 e. The molecule has 2 rings (SSSR count). The van der Waals surface area contributed by atoms with E-state index in [9.17, 15) is 20.5 Å². The Kier molecular flexibility index (Phi) is 6.48. The molecule has 27 heavy (non-hydrogen) atoms. The number of benzene rings is 2. The van der Waals surface area contributed by atoms with Crippen LogP contribution in [0.4, 0.5) is 11.4 Å². The number of non-ortho nitro benzene ring substituents is 1. The van der Waals surface area contributed by atoms with Crippen molar-refractivity contribution in [2.45, 2.75) is 13.0 Å². The lowest BCUT2D eigenvalue weighted by molar-refractivity contribution is -0.384. The van der Waals surface area contributed by atoms with Gasteiger partial charge >= 0.3 is 0 Å². The van der Waals surface area contributed by atoms with Crippen LogP contribution in [0.25, 0.3) is 4.85 Å². The zero-order chi connectivity index (χ0) is 20.3. The molecule has 0 aromatic heterocycles. The second-order valence-electron chi connectivity index (χ2n) is 5.23. The summed E-state index contributed by atoms with van der Waals surface area (Å²) in [7, 11) is 1.32. The summed E-state index contributed by atoms with van der Waals surface area (Å²) in [6.45, 7) is 6.67. The van der Waals surface area contributed by atoms with E-state index in [1.807, 2.05) is 6.07 Å². The first kappa shape index (κ1) is 20.8. The number of ether oxygens (including phenoxy) is 1. The number of rotatable bonds is 5. The highest BCUT2D eigenvalue weighted by Gasteiger charge is 2.25. The van der Waals surface area contributed by atoms with Crippen LogP contribution < -0.4 is 4.74 Å². The van der Waals surface area contributed by atoms with Crippen molar-refractivity contribution < 1.29 is 14.8 Å². The second-order valence-corrected chi connectivity index (χ2v) is 6.42. The maximum atomic E-state index is 10.9. The van der Waals surface area contributed by atoms with Crippen molar-refractivity contribution >= 4 is 46.2 Å². The van der Waals surface area contributed by atoms with Crippen LogP contribution in [0.15, 0.2) is 12.1 Å². The average molecular weight is 427 g/mol. The molecule has 0 fully saturated rings. The molecule has 7 nitrogen and oxygen atoms in total. The van der Waals surface area contributed by atoms with Gasteiger partial charge < -0.3 is 9.84 Å². The van der Waals surface area contributed by atoms with E-state index in [1.165, 1.54) is 7.11 Å². The molecule has 10 heteroatoms. The predicted molar refractivity (Wildman–Crippen MR) is 101 cm³/mol. The van der Waals surface area contributed by atoms with E-state index in [-0.39, 0.29) is 55.3 Å². The molecule has 0 saturated carbocycles. The van der Waals surface area contributed by atoms with Crippen LogP contribution in [-0.4, -0.2) is 17.1 Å². The molecule has 0 bridgehead atoms. The SMILES string of the molecule is [C-]#[N+]c1c(Cl)c(OC)c(Cc2c(Cl)cc([N+](=O)[O-])cc2Cl)c(C#N)c1CO. The molecule has 138 valence electrons. The molecule has 2 aromatic carbocycles. The van der Waals surface area contributed by atoms with Crippen LogP contribution in [0.5, 0.6) is 5.75 Å². The summed E-state index contributed by atoms with van der Waals surface area (Å²) in [4.78, 5) is 13.6. The summed E-state index contributed by atoms with van der Waals surface area (Å²) in [5, 5.41) is 30.1. The number of nitro benzene ring substituents is 1. The number of aliphatic hydroxyl groups excluding tert-OH is 1. The number of nitro groups is 1. The molecule has 0 unspecified atom stereocenters. The maximum Gasteiger partial charge on any atom is 0.272 e. The van der Waals surface area contributed by atoms with Crippen LogP contribution in [0.2, 0.25) is 15.1 Å². The largest absolute Gasteiger partial charge is 0.496 e. The Morgan fingerprint density at radius 2 is 1.89 bits per heavy atom. The molecule has 0 spiro atoms. The summed E-state index contributed by atoms with van der Waals surface area (Å²) < 4.78 is 5.27. The number of halogens is 3. The lowest BCUT2D eigenvalue weighted by atomic mass is 9.94. The first-order chi connectivity index (χ1) is 12.8. The van der Waals surface area contributed by atoms with Gasteiger partial charge in [0.25, 0.3) is 5.69 Å². The molecule has 0 radical (unpaired) electrons. The average Bonchev–Trinajstić information content (AvgIpc) is 2.63. The molecule has 0 heterocycles. The molecular formula is C17H10Cl3N3O4. The molecule has 0 amide bonds. The number of nitriles is 1. The third-order valence-corrected chi connectivity index (χ3v) is 4.87. The van der Waals surface area contributed by atoms with Crippen LogP contribution in [0, 0.1) is 28.0 Å². The lowest BCUT2D eigenvalue weighted by Gasteiger charge is -2.18. The van der Waals surface area contributed by atoms with Gasteiger partial charge in [-0.15, -0.1) is 0 Å². The minimum Gasteiger partial charge on any atom is -0.496 e. The number of methoxy groups -OCH3 is 1. The Morgan fingerprint density at radius 3 is 2.30 bits per heavy atom. The minimum absolute atomic E-state index is 0.00948. The second kappa shape index (κ2) is 8.43. The van der Waals surface area contributed by atoms with Crippen molar-refractivity contribution in [2.75, 3.05) is 7.11 Å². The zero-order valence-electron chi connectivity index (χ0n) is 13.7. The van der Waals surface area contributed by atoms with E-state index in [0.29, 0.717) is 5.56 Å². The highest BCUT2D eigenvalue weighted by molar-refractivity contribution is 6.36. The summed E-state index contributed by atoms with van der Waals surface area (Å²) in [6.07, 6.45) is -0.0489. The molecule has 2 aromatic rings. The van der Waals surface area contributed by atoms with E-state index in [4.69, 9.17) is 46.1 Å². The number of nitrogens with zero attached hydrogens (tertiary/aromatic N) is 3. The third-order valence-electron chi connectivity index (χ3n) is 3.85. The van der Waals surface area contributed by atoms with Crippen molar-refractivity contribution in [3.8, 4) is 11.8 Å². The fourth-order valence-electron chi connectivity index (χ4n) is 2.61. The Hall–Kier alpha value is -2.55. The number of hydrogen-bond donors (Lipinski definition) is 1. The van der Waals surface area contributed by atoms with Crippen molar-refractivity contribution in [3.05, 3.63) is 71.0 Å². The van der Waals surface area contributed by atoms with Crippen LogP contribution >= 0.6 is 34.8 Å². The minimum atomic E-state index is -0.631. The summed E-state index contributed by atoms with van der Waals surface area (Å²) in [5.41, 5.74) is 0.280. The maximum absolute atomic E-state index is 10.9. The molecular weight excluding hydrogens is 417 g/mol. The van der Waals surface area contributed by atoms with Gasteiger partial charge in [0.05, 0.1) is 51.9 Å². The van der Waals surface area contributed by atoms with Crippen LogP contribution in [0.1, 0.15) is 22.3 Å². The predicted octanol–water partition coefficient (Wildman–Crippen LogP) is 5.07. The Bertz CT molecular complexity index is 1000. The van der Waals surface area contributed by atoms with Crippen LogP contribution in [0.3, 0.4) is 0 Å². The van der Waals surface area contributed by atoms with Gasteiger partial charge in [-0.1, -0.05) is 34.8 Å². The van der Waals surface area contributed by atoms with Gasteiger partial charge in [-0.25, -0.2) is 4.85 Å². The van der Waals surface area contributed by atoms with Crippen molar-refractivity contribution in [3.63, 3.8) is 0 Å². The van der Waals surface area contributed by atoms with E-state index in [1.54, 1.807) is 0 Å². The summed E-state index contributed by atoms with van der Waals surface area (Å²) in [5.74, 6) is 0.0712. The van der Waals surface area contributed by atoms with Crippen LogP contribution in [-0.2, 0) is 13.0 Å². The summed E-state index contributed by atoms with van der Waals surface area (Å²) in [6, 6.07) is 4.23. The van der Waals surface area contributed by atoms with Gasteiger partial charge in [0.1, 0.15) is 5.75 Å². The molecule has 0 aliphatic carbocycles. The van der Waals surface area contributed by atoms with Crippen molar-refractivity contribution in [1.29, 1.82) is 5.26 Å². The van der Waals surface area contributed by atoms with Crippen molar-refractivity contribution in [1.82, 2.24) is 0 Å². The number of aliphatic hydroxyl groups is 1. The standard InChI is InChI=1S/C17H10Cl3N3O4/c1-22-16-12(7-24)11(6-21)9(17(27-2)15(16)20)5-10-13(18)3-8(23(25)26)4-14(10)19/h3-4,24H,5,7H2,2H3. The highest BCUT2D eigenvalue weighted by Crippen LogP contribution is 2.45. The van der Waals surface area contributed by atoms with Gasteiger partial charge in [0, 0.05) is 29.7 Å². The Morgan fingerprint density at radius 1 is 1.30 bits per heavy atom. The van der Waals surface area contributed by atoms with Gasteiger partial charge in [-0.05, 0) is 5.56 Å². The highest BCUT2D eigenvalue weighted by atomic mass is 35.5. The van der Waals surface area contributed by atoms with Gasteiger partial charge in [0.2, 0.25) is 5.69 Å². The van der Waals surface area contributed by atoms with E-state index in [2.05, 4.69) is 4.85 Å². The fraction of sp³-hybridized carbons (Fsp3) is 0.176. The Balaban J connectivity index is 2.78. The van der Waals surface area contributed by atoms with E-state index < -0.39 is 11.5 Å². The van der Waals surface area contributed by atoms with Gasteiger partial charge in [-0.3, -0.25) is 10.1 Å². The van der Waals surface area contributed by atoms with E-state index >= 15 is 0 Å². The van der Waals surface area contributed by atoms with E-state index in [0.717, 1.165) is 12.1 Å². The van der Waals surface area contributed by atoms with Crippen molar-refractivity contribution in [2.24, 2.45) is 0 Å². The lowest BCUT2D eigenvalue weighted by Crippen LogP contribution is -2.04. The first-order valence-corrected chi connectivity index (χ1v) is 8.35. The molecule has 0 aliphatic rings. The first-order valence-electron chi connectivity index (χ1n) is 7.22. The molecule has 1 N–H and O–H groups in total. The molecule has 0 aliphatic heterocycles. The van der Waals surface area contributed by atoms with Gasteiger partial charge in [0.15, 0.2) is 0 Å². The normalized spacial score (nSPS) is 10.2. The third kappa shape index (κ3) is 3.78. The Labute approximate surface area is 169 Å². The quantitative estimate of drug-likeness (QED) is 0.409. The van der Waals surface area contributed by atoms with Gasteiger partial charge in [-0.2, -0.15) is 5.26 Å². The summed E-state index contributed by atoms with van der Waals surface area (Å²) >= 11 is 18.5. The molecule has 0 saturated heterocycles. The fourth-order valence-corrected chi connectivity index (χ4v) is 3.57. The zero-order valence-corrected chi connectivity index (χ0v) is 16.0. The molecule has 0 atom stereocenters.